The number of hydrogen-bond donors (Lipinski definition) is 2. The van der Waals surface area contributed by atoms with Gasteiger partial charge in [-0.05, 0) is 12.1 Å². The van der Waals surface area contributed by atoms with Crippen LogP contribution in [0.3, 0.4) is 0 Å². The number of rotatable bonds is 3. The van der Waals surface area contributed by atoms with E-state index >= 15 is 0 Å². The van der Waals surface area contributed by atoms with E-state index in [4.69, 9.17) is 5.73 Å². The highest BCUT2D eigenvalue weighted by atomic mass is 32.2. The Morgan fingerprint density at radius 2 is 2.46 bits per heavy atom. The number of pyridine rings is 1. The van der Waals surface area contributed by atoms with Crippen LogP contribution < -0.4 is 11.1 Å². The third kappa shape index (κ3) is 3.33. The van der Waals surface area contributed by atoms with Crippen LogP contribution in [-0.2, 0) is 4.79 Å². The lowest BCUT2D eigenvalue weighted by atomic mass is 10.5. The first-order valence-electron chi connectivity index (χ1n) is 3.77. The molecule has 0 fully saturated rings. The molecule has 0 unspecified atom stereocenters. The average Bonchev–Trinajstić information content (AvgIpc) is 2.16. The molecule has 5 heteroatoms. The Bertz CT molecular complexity index is 286. The van der Waals surface area contributed by atoms with Crippen LogP contribution in [0, 0.1) is 0 Å². The second-order valence-corrected chi connectivity index (χ2v) is 3.43. The van der Waals surface area contributed by atoms with E-state index in [-0.39, 0.29) is 5.91 Å². The summed E-state index contributed by atoms with van der Waals surface area (Å²) < 4.78 is 0. The molecule has 0 spiro atoms. The summed E-state index contributed by atoms with van der Waals surface area (Å²) in [4.78, 5) is 15.7. The number of nitrogens with two attached hydrogens (primary N) is 1. The van der Waals surface area contributed by atoms with Gasteiger partial charge in [0, 0.05) is 18.1 Å². The number of nitrogen functional groups attached to an aromatic ring is 1. The lowest BCUT2D eigenvalue weighted by molar-refractivity contribution is -0.118. The fourth-order valence-corrected chi connectivity index (χ4v) is 1.43. The number of nitrogens with one attached hydrogen (secondary N) is 1. The predicted molar refractivity (Wildman–Crippen MR) is 53.4 cm³/mol. The topological polar surface area (TPSA) is 68.0 Å². The molecule has 3 N–H and O–H groups in total. The summed E-state index contributed by atoms with van der Waals surface area (Å²) in [6.45, 7) is 0. The second kappa shape index (κ2) is 4.71. The molecular formula is C8H11N3OS. The lowest BCUT2D eigenvalue weighted by Crippen LogP contribution is -2.19. The second-order valence-electron chi connectivity index (χ2n) is 2.38. The van der Waals surface area contributed by atoms with Gasteiger partial charge in [0.2, 0.25) is 5.91 Å². The third-order valence-corrected chi connectivity index (χ3v) is 2.39. The van der Waals surface area contributed by atoms with Crippen LogP contribution in [0.25, 0.3) is 0 Å². The highest BCUT2D eigenvalue weighted by molar-refractivity contribution is 8.00. The van der Waals surface area contributed by atoms with Crippen molar-refractivity contribution >= 4 is 23.5 Å². The smallest absolute Gasteiger partial charge is 0.230 e. The van der Waals surface area contributed by atoms with Crippen LogP contribution in [0.2, 0.25) is 0 Å². The van der Waals surface area contributed by atoms with Gasteiger partial charge in [-0.15, -0.1) is 11.8 Å². The Labute approximate surface area is 80.9 Å². The van der Waals surface area contributed by atoms with Gasteiger partial charge in [-0.25, -0.2) is 4.98 Å². The van der Waals surface area contributed by atoms with E-state index in [0.717, 1.165) is 4.90 Å². The first-order valence-corrected chi connectivity index (χ1v) is 4.76. The summed E-state index contributed by atoms with van der Waals surface area (Å²) in [6.07, 6.45) is 1.66. The van der Waals surface area contributed by atoms with Gasteiger partial charge in [-0.3, -0.25) is 4.79 Å². The monoisotopic (exact) mass is 197 g/mol. The summed E-state index contributed by atoms with van der Waals surface area (Å²) >= 11 is 1.43. The van der Waals surface area contributed by atoms with Crippen molar-refractivity contribution in [2.75, 3.05) is 18.5 Å². The maximum absolute atomic E-state index is 10.9. The minimum atomic E-state index is 0.00169. The van der Waals surface area contributed by atoms with E-state index in [2.05, 4.69) is 10.3 Å². The highest BCUT2D eigenvalue weighted by Crippen LogP contribution is 2.16. The van der Waals surface area contributed by atoms with Gasteiger partial charge in [-0.2, -0.15) is 0 Å². The van der Waals surface area contributed by atoms with Gasteiger partial charge in [0.1, 0.15) is 5.82 Å². The minimum absolute atomic E-state index is 0.00169. The zero-order valence-electron chi connectivity index (χ0n) is 7.28. The Morgan fingerprint density at radius 3 is 3.00 bits per heavy atom. The number of aromatic nitrogens is 1. The van der Waals surface area contributed by atoms with Gasteiger partial charge < -0.3 is 11.1 Å². The van der Waals surface area contributed by atoms with Crippen molar-refractivity contribution in [3.63, 3.8) is 0 Å². The van der Waals surface area contributed by atoms with E-state index in [1.165, 1.54) is 11.8 Å². The Morgan fingerprint density at radius 1 is 1.69 bits per heavy atom. The van der Waals surface area contributed by atoms with Gasteiger partial charge in [0.05, 0.1) is 5.75 Å². The van der Waals surface area contributed by atoms with Crippen LogP contribution in [0.4, 0.5) is 5.82 Å². The van der Waals surface area contributed by atoms with E-state index < -0.39 is 0 Å². The van der Waals surface area contributed by atoms with Crippen LogP contribution in [0.5, 0.6) is 0 Å². The summed E-state index contributed by atoms with van der Waals surface area (Å²) in [5.74, 6) is 0.897. The normalized spacial score (nSPS) is 9.62. The fraction of sp³-hybridized carbons (Fsp3) is 0.250. The van der Waals surface area contributed by atoms with Crippen molar-refractivity contribution in [1.82, 2.24) is 10.3 Å². The molecule has 0 aromatic carbocycles. The van der Waals surface area contributed by atoms with Gasteiger partial charge in [0.25, 0.3) is 0 Å². The fourth-order valence-electron chi connectivity index (χ4n) is 0.698. The molecule has 1 rings (SSSR count). The molecule has 0 aliphatic rings. The van der Waals surface area contributed by atoms with Gasteiger partial charge in [-0.1, -0.05) is 0 Å². The maximum atomic E-state index is 10.9. The Balaban J connectivity index is 2.46. The molecule has 0 bridgehead atoms. The van der Waals surface area contributed by atoms with Crippen LogP contribution >= 0.6 is 11.8 Å². The van der Waals surface area contributed by atoms with Crippen LogP contribution in [0.15, 0.2) is 23.2 Å². The molecule has 1 aromatic rings. The summed E-state index contributed by atoms with van der Waals surface area (Å²) in [5.41, 5.74) is 5.41. The number of thioether (sulfide) groups is 1. The molecule has 0 radical (unpaired) electrons. The van der Waals surface area contributed by atoms with Crippen molar-refractivity contribution in [3.05, 3.63) is 18.3 Å². The summed E-state index contributed by atoms with van der Waals surface area (Å²) in [6, 6.07) is 3.56. The molecule has 1 heterocycles. The molecule has 70 valence electrons. The predicted octanol–water partition coefficient (Wildman–Crippen LogP) is 0.502. The molecule has 4 nitrogen and oxygen atoms in total. The Kier molecular flexibility index (Phi) is 3.57. The van der Waals surface area contributed by atoms with E-state index in [9.17, 15) is 4.79 Å². The Hall–Kier alpha value is -1.23. The van der Waals surface area contributed by atoms with Crippen molar-refractivity contribution in [3.8, 4) is 0 Å². The summed E-state index contributed by atoms with van der Waals surface area (Å²) in [7, 11) is 1.62. The molecule has 0 saturated heterocycles. The van der Waals surface area contributed by atoms with E-state index in [1.807, 2.05) is 6.07 Å². The largest absolute Gasteiger partial charge is 0.384 e. The number of anilines is 1. The van der Waals surface area contributed by atoms with E-state index in [0.29, 0.717) is 11.6 Å². The molecule has 13 heavy (non-hydrogen) atoms. The first-order chi connectivity index (χ1) is 6.22. The molecule has 1 aromatic heterocycles. The van der Waals surface area contributed by atoms with Crippen molar-refractivity contribution in [1.29, 1.82) is 0 Å². The summed E-state index contributed by atoms with van der Waals surface area (Å²) in [5, 5.41) is 2.54. The number of carbonyl (C=O) groups is 1. The third-order valence-electron chi connectivity index (χ3n) is 1.41. The minimum Gasteiger partial charge on any atom is -0.384 e. The lowest BCUT2D eigenvalue weighted by Gasteiger charge is -2.00. The van der Waals surface area contributed by atoms with Crippen LogP contribution in [-0.4, -0.2) is 23.7 Å². The zero-order chi connectivity index (χ0) is 9.68. The van der Waals surface area contributed by atoms with Crippen molar-refractivity contribution in [2.24, 2.45) is 0 Å². The quantitative estimate of drug-likeness (QED) is 0.692. The molecular weight excluding hydrogens is 186 g/mol. The number of amides is 1. The molecule has 1 amide bonds. The van der Waals surface area contributed by atoms with Crippen molar-refractivity contribution in [2.45, 2.75) is 4.90 Å². The molecule has 0 atom stereocenters. The standard InChI is InChI=1S/C8H11N3OS/c1-10-8(12)5-13-6-2-3-7(9)11-4-6/h2-4H,5H2,1H3,(H2,9,11)(H,10,12). The number of hydrogen-bond acceptors (Lipinski definition) is 4. The first kappa shape index (κ1) is 9.85. The van der Waals surface area contributed by atoms with Gasteiger partial charge >= 0.3 is 0 Å². The maximum Gasteiger partial charge on any atom is 0.230 e. The number of nitrogens with zero attached hydrogens (tertiary/aromatic N) is 1. The molecule has 0 aliphatic carbocycles. The van der Waals surface area contributed by atoms with E-state index in [1.54, 1.807) is 19.3 Å². The molecule has 0 saturated carbocycles. The molecule has 0 aliphatic heterocycles. The number of carbonyl (C=O) groups excluding carboxylic acids is 1. The zero-order valence-corrected chi connectivity index (χ0v) is 8.10. The van der Waals surface area contributed by atoms with Crippen LogP contribution in [0.1, 0.15) is 0 Å². The van der Waals surface area contributed by atoms with Gasteiger partial charge in [0.15, 0.2) is 0 Å². The van der Waals surface area contributed by atoms with Crippen molar-refractivity contribution < 1.29 is 4.79 Å². The SMILES string of the molecule is CNC(=O)CSc1ccc(N)nc1. The average molecular weight is 197 g/mol. The highest BCUT2D eigenvalue weighted by Gasteiger charge is 1.99.